The fraction of sp³-hybridized carbons (Fsp3) is 0.250. The van der Waals surface area contributed by atoms with E-state index in [1.807, 2.05) is 18.2 Å². The molecular formula is C16H13BrN2O5S. The average molecular weight is 425 g/mol. The van der Waals surface area contributed by atoms with Crippen LogP contribution in [-0.4, -0.2) is 30.7 Å². The number of para-hydroxylation sites is 1. The van der Waals surface area contributed by atoms with Gasteiger partial charge in [0.15, 0.2) is 4.90 Å². The van der Waals surface area contributed by atoms with E-state index in [2.05, 4.69) is 15.9 Å². The molecule has 0 atom stereocenters. The van der Waals surface area contributed by atoms with Crippen LogP contribution < -0.4 is 0 Å². The van der Waals surface area contributed by atoms with Gasteiger partial charge in [-0.1, -0.05) is 34.1 Å². The number of nitrogens with zero attached hydrogens (tertiary/aromatic N) is 2. The smallest absolute Gasteiger partial charge is 0.289 e. The van der Waals surface area contributed by atoms with Gasteiger partial charge in [-0.3, -0.25) is 10.1 Å². The van der Waals surface area contributed by atoms with Gasteiger partial charge in [0.1, 0.15) is 5.60 Å². The zero-order valence-electron chi connectivity index (χ0n) is 12.9. The molecular weight excluding hydrogens is 412 g/mol. The van der Waals surface area contributed by atoms with Crippen molar-refractivity contribution in [1.29, 1.82) is 0 Å². The molecule has 2 aromatic rings. The van der Waals surface area contributed by atoms with Crippen molar-refractivity contribution < 1.29 is 18.1 Å². The van der Waals surface area contributed by atoms with Gasteiger partial charge in [0.25, 0.3) is 5.69 Å². The molecule has 1 fully saturated rings. The first kappa shape index (κ1) is 16.6. The van der Waals surface area contributed by atoms with Crippen molar-refractivity contribution in [2.45, 2.75) is 17.1 Å². The molecule has 2 aromatic carbocycles. The first-order valence-electron chi connectivity index (χ1n) is 7.50. The predicted octanol–water partition coefficient (Wildman–Crippen LogP) is 2.79. The highest BCUT2D eigenvalue weighted by Gasteiger charge is 2.54. The average Bonchev–Trinajstić information content (AvgIpc) is 2.92. The van der Waals surface area contributed by atoms with Crippen molar-refractivity contribution in [3.05, 3.63) is 68.2 Å². The number of fused-ring (bicyclic) bond motifs is 2. The highest BCUT2D eigenvalue weighted by atomic mass is 79.9. The van der Waals surface area contributed by atoms with Gasteiger partial charge in [-0.25, -0.2) is 8.42 Å². The quantitative estimate of drug-likeness (QED) is 0.557. The third kappa shape index (κ3) is 2.50. The molecule has 0 aliphatic carbocycles. The van der Waals surface area contributed by atoms with Crippen LogP contribution in [0.3, 0.4) is 0 Å². The monoisotopic (exact) mass is 424 g/mol. The second-order valence-electron chi connectivity index (χ2n) is 6.08. The third-order valence-electron chi connectivity index (χ3n) is 4.61. The number of sulfonamides is 1. The van der Waals surface area contributed by atoms with Crippen LogP contribution >= 0.6 is 15.9 Å². The van der Waals surface area contributed by atoms with Crippen LogP contribution in [-0.2, 0) is 27.0 Å². The van der Waals surface area contributed by atoms with Crippen LogP contribution in [0.25, 0.3) is 0 Å². The summed E-state index contributed by atoms with van der Waals surface area (Å²) in [6.07, 6.45) is 0. The minimum absolute atomic E-state index is 0.149. The Kier molecular flexibility index (Phi) is 3.73. The van der Waals surface area contributed by atoms with Crippen LogP contribution in [0.2, 0.25) is 0 Å². The Morgan fingerprint density at radius 3 is 2.64 bits per heavy atom. The largest absolute Gasteiger partial charge is 0.363 e. The van der Waals surface area contributed by atoms with E-state index >= 15 is 0 Å². The zero-order chi connectivity index (χ0) is 17.8. The molecule has 7 nitrogen and oxygen atoms in total. The second kappa shape index (κ2) is 5.60. The van der Waals surface area contributed by atoms with E-state index in [1.165, 1.54) is 28.6 Å². The van der Waals surface area contributed by atoms with Crippen LogP contribution in [0, 0.1) is 10.1 Å². The van der Waals surface area contributed by atoms with Crippen molar-refractivity contribution in [2.24, 2.45) is 0 Å². The van der Waals surface area contributed by atoms with Crippen LogP contribution in [0.4, 0.5) is 5.69 Å². The first-order valence-corrected chi connectivity index (χ1v) is 9.73. The van der Waals surface area contributed by atoms with E-state index in [0.717, 1.165) is 15.6 Å². The van der Waals surface area contributed by atoms with Gasteiger partial charge in [-0.05, 0) is 29.3 Å². The summed E-state index contributed by atoms with van der Waals surface area (Å²) in [5, 5.41) is 11.1. The number of nitro groups is 1. The topological polar surface area (TPSA) is 89.8 Å². The third-order valence-corrected chi connectivity index (χ3v) is 6.94. The number of benzene rings is 2. The molecule has 1 spiro atoms. The highest BCUT2D eigenvalue weighted by Crippen LogP contribution is 2.46. The van der Waals surface area contributed by atoms with E-state index in [1.54, 1.807) is 0 Å². The molecule has 4 rings (SSSR count). The highest BCUT2D eigenvalue weighted by molar-refractivity contribution is 9.10. The Morgan fingerprint density at radius 2 is 1.92 bits per heavy atom. The lowest BCUT2D eigenvalue weighted by molar-refractivity contribution is -0.387. The minimum Gasteiger partial charge on any atom is -0.363 e. The van der Waals surface area contributed by atoms with E-state index in [0.29, 0.717) is 6.61 Å². The standard InChI is InChI=1S/C16H13BrN2O5S/c17-12-5-6-13-11(7-12)8-24-16(13)9-18(10-16)25(22,23)15-4-2-1-3-14(15)19(20)21/h1-7H,8-10H2. The van der Waals surface area contributed by atoms with Crippen molar-refractivity contribution in [2.75, 3.05) is 13.1 Å². The fourth-order valence-electron chi connectivity index (χ4n) is 3.34. The Balaban J connectivity index is 1.64. The summed E-state index contributed by atoms with van der Waals surface area (Å²) < 4.78 is 33.7. The number of ether oxygens (including phenoxy) is 1. The van der Waals surface area contributed by atoms with Crippen molar-refractivity contribution in [1.82, 2.24) is 4.31 Å². The first-order chi connectivity index (χ1) is 11.8. The molecule has 0 N–H and O–H groups in total. The van der Waals surface area contributed by atoms with Crippen LogP contribution in [0.15, 0.2) is 51.8 Å². The van der Waals surface area contributed by atoms with Crippen molar-refractivity contribution in [3.8, 4) is 0 Å². The molecule has 0 amide bonds. The van der Waals surface area contributed by atoms with Crippen molar-refractivity contribution in [3.63, 3.8) is 0 Å². The molecule has 2 aliphatic rings. The molecule has 0 bridgehead atoms. The summed E-state index contributed by atoms with van der Waals surface area (Å²) in [7, 11) is -3.95. The molecule has 1 saturated heterocycles. The molecule has 0 saturated carbocycles. The van der Waals surface area contributed by atoms with Gasteiger partial charge in [0.2, 0.25) is 10.0 Å². The lowest BCUT2D eigenvalue weighted by Gasteiger charge is -2.46. The molecule has 2 heterocycles. The zero-order valence-corrected chi connectivity index (χ0v) is 15.3. The molecule has 0 aromatic heterocycles. The molecule has 2 aliphatic heterocycles. The van der Waals surface area contributed by atoms with Crippen LogP contribution in [0.5, 0.6) is 0 Å². The van der Waals surface area contributed by atoms with Gasteiger partial charge >= 0.3 is 0 Å². The van der Waals surface area contributed by atoms with Gasteiger partial charge in [-0.2, -0.15) is 4.31 Å². The van der Waals surface area contributed by atoms with Crippen molar-refractivity contribution >= 4 is 31.6 Å². The summed E-state index contributed by atoms with van der Waals surface area (Å²) in [6, 6.07) is 11.2. The summed E-state index contributed by atoms with van der Waals surface area (Å²) in [6.45, 7) is 0.722. The normalized spacial score (nSPS) is 18.8. The number of hydrogen-bond donors (Lipinski definition) is 0. The Morgan fingerprint density at radius 1 is 1.20 bits per heavy atom. The van der Waals surface area contributed by atoms with Gasteiger partial charge < -0.3 is 4.74 Å². The van der Waals surface area contributed by atoms with E-state index in [4.69, 9.17) is 4.74 Å². The lowest BCUT2D eigenvalue weighted by Crippen LogP contribution is -2.60. The lowest BCUT2D eigenvalue weighted by atomic mass is 9.87. The molecule has 130 valence electrons. The van der Waals surface area contributed by atoms with Gasteiger partial charge in [0, 0.05) is 23.6 Å². The number of nitro benzene ring substituents is 1. The number of halogens is 1. The Bertz CT molecular complexity index is 986. The number of rotatable bonds is 3. The molecule has 9 heteroatoms. The molecule has 0 radical (unpaired) electrons. The summed E-state index contributed by atoms with van der Waals surface area (Å²) in [4.78, 5) is 10.2. The van der Waals surface area contributed by atoms with E-state index < -0.39 is 26.2 Å². The van der Waals surface area contributed by atoms with E-state index in [9.17, 15) is 18.5 Å². The summed E-state index contributed by atoms with van der Waals surface area (Å²) in [5.41, 5.74) is 0.925. The Hall–Kier alpha value is -1.81. The Labute approximate surface area is 152 Å². The summed E-state index contributed by atoms with van der Waals surface area (Å²) in [5.74, 6) is 0. The summed E-state index contributed by atoms with van der Waals surface area (Å²) >= 11 is 3.41. The van der Waals surface area contributed by atoms with Gasteiger partial charge in [0.05, 0.1) is 11.5 Å². The SMILES string of the molecule is O=[N+]([O-])c1ccccc1S(=O)(=O)N1CC2(C1)OCc1cc(Br)ccc12. The predicted molar refractivity (Wildman–Crippen MR) is 92.5 cm³/mol. The maximum Gasteiger partial charge on any atom is 0.289 e. The molecule has 0 unspecified atom stereocenters. The second-order valence-corrected chi connectivity index (χ2v) is 8.90. The maximum atomic E-state index is 12.8. The minimum atomic E-state index is -3.95. The molecule has 25 heavy (non-hydrogen) atoms. The van der Waals surface area contributed by atoms with Gasteiger partial charge in [-0.15, -0.1) is 0 Å². The van der Waals surface area contributed by atoms with Crippen LogP contribution in [0.1, 0.15) is 11.1 Å². The fourth-order valence-corrected chi connectivity index (χ4v) is 5.44. The van der Waals surface area contributed by atoms with E-state index in [-0.39, 0.29) is 18.0 Å². The maximum absolute atomic E-state index is 12.8. The number of hydrogen-bond acceptors (Lipinski definition) is 5.